The molecule has 1 saturated heterocycles. The van der Waals surface area contributed by atoms with E-state index in [1.807, 2.05) is 6.92 Å². The van der Waals surface area contributed by atoms with E-state index in [1.54, 1.807) is 4.90 Å². The lowest BCUT2D eigenvalue weighted by molar-refractivity contribution is -0.133. The largest absolute Gasteiger partial charge is 0.346 e. The van der Waals surface area contributed by atoms with Gasteiger partial charge in [-0.2, -0.15) is 0 Å². The lowest BCUT2D eigenvalue weighted by Crippen LogP contribution is -2.32. The van der Waals surface area contributed by atoms with Crippen molar-refractivity contribution in [3.8, 4) is 0 Å². The van der Waals surface area contributed by atoms with Crippen LogP contribution in [0.4, 0.5) is 0 Å². The number of amides is 1. The van der Waals surface area contributed by atoms with Crippen LogP contribution in [0.1, 0.15) is 6.92 Å². The fraction of sp³-hybridized carbons (Fsp3) is 0.833. The average molecular weight is 145 g/mol. The summed E-state index contributed by atoms with van der Waals surface area (Å²) in [5.41, 5.74) is 0. The first-order valence-electron chi connectivity index (χ1n) is 3.28. The van der Waals surface area contributed by atoms with Crippen molar-refractivity contribution in [3.05, 3.63) is 0 Å². The number of nitrogens with zero attached hydrogens (tertiary/aromatic N) is 1. The summed E-state index contributed by atoms with van der Waals surface area (Å²) in [5.74, 6) is 0.000000000000000222. The van der Waals surface area contributed by atoms with Crippen LogP contribution < -0.4 is 0 Å². The maximum absolute atomic E-state index is 11.0. The van der Waals surface area contributed by atoms with Gasteiger partial charge in [0.25, 0.3) is 0 Å². The zero-order valence-electron chi connectivity index (χ0n) is 6.00. The molecule has 10 heavy (non-hydrogen) atoms. The third-order valence-corrected chi connectivity index (χ3v) is 1.37. The van der Waals surface area contributed by atoms with E-state index in [-0.39, 0.29) is 19.3 Å². The number of hydrogen-bond acceptors (Lipinski definition) is 3. The van der Waals surface area contributed by atoms with Gasteiger partial charge < -0.3 is 14.4 Å². The van der Waals surface area contributed by atoms with Crippen LogP contribution in [0.15, 0.2) is 0 Å². The Morgan fingerprint density at radius 3 is 3.10 bits per heavy atom. The number of carbonyl (C=O) groups excluding carboxylic acids is 1. The molecule has 4 nitrogen and oxygen atoms in total. The highest BCUT2D eigenvalue weighted by Gasteiger charge is 2.14. The first-order valence-corrected chi connectivity index (χ1v) is 3.28. The minimum atomic E-state index is 0.000000000000000222. The van der Waals surface area contributed by atoms with Crippen LogP contribution in [0, 0.1) is 0 Å². The Bertz CT molecular complexity index is 126. The molecule has 58 valence electrons. The van der Waals surface area contributed by atoms with Crippen molar-refractivity contribution in [2.75, 3.05) is 26.7 Å². The number of ether oxygens (including phenoxy) is 2. The predicted octanol–water partition coefficient (Wildman–Crippen LogP) is -0.203. The summed E-state index contributed by atoms with van der Waals surface area (Å²) in [5, 5.41) is 0. The Morgan fingerprint density at radius 2 is 2.40 bits per heavy atom. The van der Waals surface area contributed by atoms with E-state index in [0.29, 0.717) is 13.3 Å². The molecule has 0 aromatic carbocycles. The molecule has 0 aromatic rings. The summed E-state index contributed by atoms with van der Waals surface area (Å²) in [7, 11) is 0. The number of carbonyl (C=O) groups is 1. The first kappa shape index (κ1) is 7.50. The van der Waals surface area contributed by atoms with Crippen molar-refractivity contribution >= 4 is 5.91 Å². The fourth-order valence-corrected chi connectivity index (χ4v) is 0.766. The Morgan fingerprint density at radius 1 is 1.60 bits per heavy atom. The maximum atomic E-state index is 11.0. The van der Waals surface area contributed by atoms with E-state index < -0.39 is 0 Å². The SMILES string of the molecule is CCN1COCOCC1=O. The highest BCUT2D eigenvalue weighted by atomic mass is 16.7. The molecule has 0 unspecified atom stereocenters. The smallest absolute Gasteiger partial charge is 0.250 e. The monoisotopic (exact) mass is 145 g/mol. The standard InChI is InChI=1S/C6H11NO3/c1-2-7-4-10-5-9-3-6(7)8/h2-5H2,1H3. The quantitative estimate of drug-likeness (QED) is 0.512. The molecule has 0 saturated carbocycles. The number of rotatable bonds is 1. The van der Waals surface area contributed by atoms with Crippen molar-refractivity contribution in [2.45, 2.75) is 6.92 Å². The molecule has 1 amide bonds. The fourth-order valence-electron chi connectivity index (χ4n) is 0.766. The van der Waals surface area contributed by atoms with Gasteiger partial charge in [0.2, 0.25) is 5.91 Å². The van der Waals surface area contributed by atoms with E-state index in [1.165, 1.54) is 0 Å². The maximum Gasteiger partial charge on any atom is 0.250 e. The van der Waals surface area contributed by atoms with Crippen molar-refractivity contribution in [1.82, 2.24) is 4.90 Å². The molecule has 0 aliphatic carbocycles. The Hall–Kier alpha value is -0.610. The molecule has 1 heterocycles. The summed E-state index contributed by atoms with van der Waals surface area (Å²) in [6, 6.07) is 0. The molecular weight excluding hydrogens is 134 g/mol. The van der Waals surface area contributed by atoms with Gasteiger partial charge in [-0.3, -0.25) is 4.79 Å². The Kier molecular flexibility index (Phi) is 2.65. The van der Waals surface area contributed by atoms with Crippen LogP contribution in [0.5, 0.6) is 0 Å². The summed E-state index contributed by atoms with van der Waals surface area (Å²) < 4.78 is 9.78. The van der Waals surface area contributed by atoms with Gasteiger partial charge >= 0.3 is 0 Å². The molecule has 1 aliphatic heterocycles. The normalized spacial score (nSPS) is 20.9. The second-order valence-corrected chi connectivity index (χ2v) is 2.05. The third-order valence-electron chi connectivity index (χ3n) is 1.37. The van der Waals surface area contributed by atoms with Gasteiger partial charge in [0.05, 0.1) is 0 Å². The van der Waals surface area contributed by atoms with Crippen LogP contribution in [0.2, 0.25) is 0 Å². The van der Waals surface area contributed by atoms with Crippen LogP contribution in [-0.4, -0.2) is 37.5 Å². The lowest BCUT2D eigenvalue weighted by atomic mass is 10.5. The molecule has 1 rings (SSSR count). The predicted molar refractivity (Wildman–Crippen MR) is 34.2 cm³/mol. The Labute approximate surface area is 59.7 Å². The molecule has 0 N–H and O–H groups in total. The van der Waals surface area contributed by atoms with Gasteiger partial charge in [0.15, 0.2) is 0 Å². The molecule has 4 heteroatoms. The minimum absolute atomic E-state index is 0.000000000000000222. The molecule has 0 radical (unpaired) electrons. The van der Waals surface area contributed by atoms with Gasteiger partial charge in [-0.25, -0.2) is 0 Å². The van der Waals surface area contributed by atoms with Gasteiger partial charge in [-0.15, -0.1) is 0 Å². The zero-order valence-corrected chi connectivity index (χ0v) is 6.00. The molecular formula is C6H11NO3. The molecule has 0 bridgehead atoms. The van der Waals surface area contributed by atoms with E-state index in [9.17, 15) is 4.79 Å². The summed E-state index contributed by atoms with van der Waals surface area (Å²) in [4.78, 5) is 12.6. The topological polar surface area (TPSA) is 38.8 Å². The van der Waals surface area contributed by atoms with Crippen molar-refractivity contribution < 1.29 is 14.3 Å². The van der Waals surface area contributed by atoms with Gasteiger partial charge in [-0.1, -0.05) is 0 Å². The van der Waals surface area contributed by atoms with E-state index in [2.05, 4.69) is 0 Å². The van der Waals surface area contributed by atoms with Gasteiger partial charge in [0.1, 0.15) is 20.1 Å². The van der Waals surface area contributed by atoms with E-state index in [0.717, 1.165) is 0 Å². The second-order valence-electron chi connectivity index (χ2n) is 2.05. The van der Waals surface area contributed by atoms with E-state index in [4.69, 9.17) is 9.47 Å². The van der Waals surface area contributed by atoms with Gasteiger partial charge in [0, 0.05) is 6.54 Å². The summed E-state index contributed by atoms with van der Waals surface area (Å²) in [6.45, 7) is 3.32. The lowest BCUT2D eigenvalue weighted by Gasteiger charge is -2.15. The molecule has 1 aliphatic rings. The molecule has 0 aromatic heterocycles. The number of hydrogen-bond donors (Lipinski definition) is 0. The van der Waals surface area contributed by atoms with Crippen LogP contribution in [-0.2, 0) is 14.3 Å². The minimum Gasteiger partial charge on any atom is -0.346 e. The zero-order chi connectivity index (χ0) is 7.40. The molecule has 0 atom stereocenters. The van der Waals surface area contributed by atoms with Crippen molar-refractivity contribution in [1.29, 1.82) is 0 Å². The highest BCUT2D eigenvalue weighted by molar-refractivity contribution is 5.77. The van der Waals surface area contributed by atoms with Crippen LogP contribution in [0.3, 0.4) is 0 Å². The summed E-state index contributed by atoms with van der Waals surface area (Å²) >= 11 is 0. The van der Waals surface area contributed by atoms with Crippen LogP contribution in [0.25, 0.3) is 0 Å². The van der Waals surface area contributed by atoms with Crippen molar-refractivity contribution in [2.24, 2.45) is 0 Å². The first-order chi connectivity index (χ1) is 4.84. The summed E-state index contributed by atoms with van der Waals surface area (Å²) in [6.07, 6.45) is 0. The van der Waals surface area contributed by atoms with E-state index >= 15 is 0 Å². The van der Waals surface area contributed by atoms with Crippen molar-refractivity contribution in [3.63, 3.8) is 0 Å². The molecule has 1 fully saturated rings. The second kappa shape index (κ2) is 3.53. The highest BCUT2D eigenvalue weighted by Crippen LogP contribution is 1.96. The average Bonchev–Trinajstić information content (AvgIpc) is 2.13. The molecule has 0 spiro atoms. The Balaban J connectivity index is 2.43. The third kappa shape index (κ3) is 1.68. The van der Waals surface area contributed by atoms with Gasteiger partial charge in [-0.05, 0) is 6.92 Å². The van der Waals surface area contributed by atoms with Crippen LogP contribution >= 0.6 is 0 Å². The number of likely N-dealkylation sites (N-methyl/N-ethyl adjacent to an activating group) is 1.